The average Bonchev–Trinajstić information content (AvgIpc) is 2.85. The minimum Gasteiger partial charge on any atom is -0.450 e. The van der Waals surface area contributed by atoms with E-state index in [0.717, 1.165) is 13.0 Å². The number of nitrogens with one attached hydrogen (secondary N) is 1. The highest BCUT2D eigenvalue weighted by Gasteiger charge is 2.41. The molecule has 1 saturated carbocycles. The van der Waals surface area contributed by atoms with E-state index < -0.39 is 0 Å². The molecule has 3 aliphatic rings. The van der Waals surface area contributed by atoms with E-state index in [-0.39, 0.29) is 12.0 Å². The van der Waals surface area contributed by atoms with E-state index in [1.807, 2.05) is 4.67 Å². The highest BCUT2D eigenvalue weighted by Crippen LogP contribution is 2.41. The summed E-state index contributed by atoms with van der Waals surface area (Å²) < 4.78 is 6.92. The Morgan fingerprint density at radius 2 is 1.90 bits per heavy atom. The number of hydrogen-bond acceptors (Lipinski definition) is 4. The minimum absolute atomic E-state index is 0.145. The Bertz CT molecular complexity index is 441. The van der Waals surface area contributed by atoms with Crippen molar-refractivity contribution in [3.8, 4) is 0 Å². The van der Waals surface area contributed by atoms with Crippen molar-refractivity contribution in [1.29, 1.82) is 0 Å². The zero-order valence-electron chi connectivity index (χ0n) is 12.5. The van der Waals surface area contributed by atoms with Crippen LogP contribution in [0.5, 0.6) is 0 Å². The lowest BCUT2D eigenvalue weighted by atomic mass is 9.83. The zero-order chi connectivity index (χ0) is 14.8. The summed E-state index contributed by atoms with van der Waals surface area (Å²) in [6.07, 6.45) is 10.1. The summed E-state index contributed by atoms with van der Waals surface area (Å²) in [5.74, 6) is 0.490. The van der Waals surface area contributed by atoms with Crippen LogP contribution in [0.3, 0.4) is 0 Å². The Balaban J connectivity index is 1.77. The highest BCUT2D eigenvalue weighted by atomic mass is 31.0. The van der Waals surface area contributed by atoms with Crippen molar-refractivity contribution in [1.82, 2.24) is 9.99 Å². The molecule has 3 rings (SSSR count). The lowest BCUT2D eigenvalue weighted by Gasteiger charge is -2.32. The van der Waals surface area contributed by atoms with Gasteiger partial charge >= 0.3 is 5.97 Å². The number of carbonyl (C=O) groups excluding carboxylic acids is 1. The molecule has 0 radical (unpaired) electrons. The van der Waals surface area contributed by atoms with Crippen LogP contribution >= 0.6 is 18.9 Å². The molecule has 4 nitrogen and oxygen atoms in total. The van der Waals surface area contributed by atoms with Gasteiger partial charge in [-0.15, -0.1) is 0 Å². The summed E-state index contributed by atoms with van der Waals surface area (Å²) >= 11 is 0. The topological polar surface area (TPSA) is 41.6 Å². The fraction of sp³-hybridized carbons (Fsp3) is 0.800. The van der Waals surface area contributed by atoms with Gasteiger partial charge in [0.25, 0.3) is 0 Å². The summed E-state index contributed by atoms with van der Waals surface area (Å²) in [6, 6.07) is 0.441. The van der Waals surface area contributed by atoms with Crippen LogP contribution in [-0.4, -0.2) is 29.3 Å². The molecule has 1 fully saturated rings. The van der Waals surface area contributed by atoms with Gasteiger partial charge in [-0.1, -0.05) is 41.5 Å². The Labute approximate surface area is 132 Å². The van der Waals surface area contributed by atoms with Gasteiger partial charge in [0, 0.05) is 24.2 Å². The second kappa shape index (κ2) is 6.94. The summed E-state index contributed by atoms with van der Waals surface area (Å²) in [5, 5.41) is 3.77. The predicted molar refractivity (Wildman–Crippen MR) is 90.4 cm³/mol. The first-order chi connectivity index (χ1) is 10.2. The molecule has 1 N–H and O–H groups in total. The molecule has 0 aromatic heterocycles. The van der Waals surface area contributed by atoms with Crippen molar-refractivity contribution in [2.75, 3.05) is 6.54 Å². The Morgan fingerprint density at radius 1 is 1.19 bits per heavy atom. The first-order valence-electron chi connectivity index (χ1n) is 8.11. The molecule has 0 aromatic carbocycles. The normalized spacial score (nSPS) is 34.1. The predicted octanol–water partition coefficient (Wildman–Crippen LogP) is 2.77. The lowest BCUT2D eigenvalue weighted by molar-refractivity contribution is -0.137. The van der Waals surface area contributed by atoms with Crippen molar-refractivity contribution in [3.05, 3.63) is 11.3 Å². The Morgan fingerprint density at radius 3 is 2.67 bits per heavy atom. The van der Waals surface area contributed by atoms with Crippen LogP contribution in [-0.2, 0) is 9.32 Å². The van der Waals surface area contributed by atoms with Crippen molar-refractivity contribution in [3.63, 3.8) is 0 Å². The molecule has 5 unspecified atom stereocenters. The van der Waals surface area contributed by atoms with E-state index >= 15 is 0 Å². The third kappa shape index (κ3) is 3.28. The van der Waals surface area contributed by atoms with Gasteiger partial charge in [0.05, 0.1) is 9.47 Å². The third-order valence-corrected chi connectivity index (χ3v) is 6.03. The largest absolute Gasteiger partial charge is 0.450 e. The number of nitrogens with zero attached hydrogens (tertiary/aromatic N) is 1. The van der Waals surface area contributed by atoms with E-state index in [0.29, 0.717) is 12.0 Å². The molecule has 5 atom stereocenters. The Kier molecular flexibility index (Phi) is 5.19. The van der Waals surface area contributed by atoms with Crippen LogP contribution in [0.2, 0.25) is 0 Å². The monoisotopic (exact) mass is 328 g/mol. The van der Waals surface area contributed by atoms with Crippen LogP contribution < -0.4 is 5.32 Å². The van der Waals surface area contributed by atoms with Gasteiger partial charge in [-0.05, 0) is 24.8 Å². The first kappa shape index (κ1) is 15.7. The van der Waals surface area contributed by atoms with Crippen LogP contribution in [0.25, 0.3) is 0 Å². The summed E-state index contributed by atoms with van der Waals surface area (Å²) in [4.78, 5) is 12.0. The maximum absolute atomic E-state index is 12.0. The standard InChI is InChI=1S/C15H26N2O2P2/c18-15(19-21)14-8-11-10-6-4-2-1-3-5-7-12(10)16-13(11)9-17(14)20/h10,12,14,16H,1-9,20-21H2. The van der Waals surface area contributed by atoms with Crippen LogP contribution in [0.1, 0.15) is 51.4 Å². The number of hydrogen-bond donors (Lipinski definition) is 1. The van der Waals surface area contributed by atoms with Gasteiger partial charge in [-0.25, -0.2) is 0 Å². The fourth-order valence-electron chi connectivity index (χ4n) is 4.13. The average molecular weight is 328 g/mol. The van der Waals surface area contributed by atoms with Crippen LogP contribution in [0.4, 0.5) is 0 Å². The first-order valence-corrected chi connectivity index (χ1v) is 9.10. The van der Waals surface area contributed by atoms with Gasteiger partial charge in [0.1, 0.15) is 6.04 Å². The van der Waals surface area contributed by atoms with Gasteiger partial charge in [0.2, 0.25) is 0 Å². The maximum Gasteiger partial charge on any atom is 0.326 e. The molecule has 0 spiro atoms. The highest BCUT2D eigenvalue weighted by molar-refractivity contribution is 7.13. The summed E-state index contributed by atoms with van der Waals surface area (Å²) in [6.45, 7) is 0.817. The molecule has 2 aliphatic heterocycles. The maximum atomic E-state index is 12.0. The van der Waals surface area contributed by atoms with Crippen molar-refractivity contribution < 1.29 is 9.32 Å². The minimum atomic E-state index is -0.153. The van der Waals surface area contributed by atoms with Crippen molar-refractivity contribution in [2.24, 2.45) is 5.92 Å². The molecule has 0 aromatic rings. The van der Waals surface area contributed by atoms with E-state index in [9.17, 15) is 4.79 Å². The molecule has 0 saturated heterocycles. The van der Waals surface area contributed by atoms with Crippen LogP contribution in [0.15, 0.2) is 11.3 Å². The van der Waals surface area contributed by atoms with Crippen molar-refractivity contribution >= 4 is 24.8 Å². The second-order valence-corrected chi connectivity index (χ2v) is 7.43. The Hall–Kier alpha value is -0.170. The fourth-order valence-corrected chi connectivity index (χ4v) is 4.70. The number of fused-ring (bicyclic) bond motifs is 2. The van der Waals surface area contributed by atoms with Gasteiger partial charge < -0.3 is 9.84 Å². The summed E-state index contributed by atoms with van der Waals surface area (Å²) in [7, 11) is 4.77. The molecule has 6 heteroatoms. The van der Waals surface area contributed by atoms with Crippen LogP contribution in [0, 0.1) is 5.92 Å². The van der Waals surface area contributed by atoms with Gasteiger partial charge in [-0.3, -0.25) is 9.46 Å². The van der Waals surface area contributed by atoms with E-state index in [4.69, 9.17) is 4.52 Å². The lowest BCUT2D eigenvalue weighted by Crippen LogP contribution is -2.40. The zero-order valence-corrected chi connectivity index (χ0v) is 14.8. The molecular weight excluding hydrogens is 302 g/mol. The molecule has 1 aliphatic carbocycles. The molecule has 0 bridgehead atoms. The molecule has 0 amide bonds. The SMILES string of the molecule is O=C(OP)C1CC2=C(CN1P)NC1CCCCCCCC21. The van der Waals surface area contributed by atoms with Gasteiger partial charge in [-0.2, -0.15) is 0 Å². The quantitative estimate of drug-likeness (QED) is 0.752. The summed E-state index contributed by atoms with van der Waals surface area (Å²) in [5.41, 5.74) is 2.87. The van der Waals surface area contributed by atoms with E-state index in [1.54, 1.807) is 0 Å². The van der Waals surface area contributed by atoms with E-state index in [1.165, 1.54) is 56.2 Å². The van der Waals surface area contributed by atoms with Gasteiger partial charge in [0.15, 0.2) is 0 Å². The second-order valence-electron chi connectivity index (χ2n) is 6.54. The molecule has 2 heterocycles. The smallest absolute Gasteiger partial charge is 0.326 e. The van der Waals surface area contributed by atoms with E-state index in [2.05, 4.69) is 24.2 Å². The molecule has 21 heavy (non-hydrogen) atoms. The number of rotatable bonds is 1. The molecule has 118 valence electrons. The molecular formula is C15H26N2O2P2. The third-order valence-electron chi connectivity index (χ3n) is 5.25. The van der Waals surface area contributed by atoms with Crippen molar-refractivity contribution in [2.45, 2.75) is 63.5 Å². The number of carbonyl (C=O) groups is 1.